The lowest BCUT2D eigenvalue weighted by Gasteiger charge is -2.25. The zero-order chi connectivity index (χ0) is 17.6. The molecule has 1 saturated heterocycles. The summed E-state index contributed by atoms with van der Waals surface area (Å²) in [5.74, 6) is 0.385. The van der Waals surface area contributed by atoms with Crippen molar-refractivity contribution in [3.63, 3.8) is 0 Å². The SMILES string of the molecule is CC1C[C@H]2c3cc(S(=O)(=O)c4ccccc4)ccc3N(C)[C@H]2CCN1. The molecule has 0 spiro atoms. The second-order valence-electron chi connectivity index (χ2n) is 7.20. The number of nitrogens with one attached hydrogen (secondary N) is 1. The van der Waals surface area contributed by atoms with Gasteiger partial charge in [-0.3, -0.25) is 0 Å². The molecule has 25 heavy (non-hydrogen) atoms. The highest BCUT2D eigenvalue weighted by molar-refractivity contribution is 7.91. The number of rotatable bonds is 2. The van der Waals surface area contributed by atoms with Crippen molar-refractivity contribution in [3.05, 3.63) is 54.1 Å². The first-order valence-electron chi connectivity index (χ1n) is 8.89. The third-order valence-electron chi connectivity index (χ3n) is 5.64. The Morgan fingerprint density at radius 2 is 1.84 bits per heavy atom. The number of nitrogens with zero attached hydrogens (tertiary/aromatic N) is 1. The van der Waals surface area contributed by atoms with E-state index in [9.17, 15) is 8.42 Å². The van der Waals surface area contributed by atoms with Crippen molar-refractivity contribution >= 4 is 15.5 Å². The molecule has 2 aromatic rings. The molecule has 2 aliphatic heterocycles. The summed E-state index contributed by atoms with van der Waals surface area (Å²) in [7, 11) is -1.34. The Kier molecular flexibility index (Phi) is 4.08. The van der Waals surface area contributed by atoms with Crippen molar-refractivity contribution in [1.29, 1.82) is 0 Å². The van der Waals surface area contributed by atoms with Crippen LogP contribution in [0.25, 0.3) is 0 Å². The average molecular weight is 356 g/mol. The van der Waals surface area contributed by atoms with Gasteiger partial charge in [-0.25, -0.2) is 8.42 Å². The van der Waals surface area contributed by atoms with Crippen LogP contribution in [0.3, 0.4) is 0 Å². The molecule has 2 aromatic carbocycles. The minimum Gasteiger partial charge on any atom is -0.371 e. The normalized spacial score (nSPS) is 26.0. The number of sulfone groups is 1. The van der Waals surface area contributed by atoms with E-state index in [1.807, 2.05) is 18.2 Å². The van der Waals surface area contributed by atoms with Gasteiger partial charge in [0.2, 0.25) is 9.84 Å². The molecule has 2 heterocycles. The largest absolute Gasteiger partial charge is 0.371 e. The van der Waals surface area contributed by atoms with Crippen LogP contribution in [-0.4, -0.2) is 34.1 Å². The fourth-order valence-electron chi connectivity index (χ4n) is 4.33. The number of anilines is 1. The lowest BCUT2D eigenvalue weighted by atomic mass is 9.89. The summed E-state index contributed by atoms with van der Waals surface area (Å²) in [5.41, 5.74) is 2.36. The first-order valence-corrected chi connectivity index (χ1v) is 10.4. The molecule has 0 aliphatic carbocycles. The first-order chi connectivity index (χ1) is 12.0. The number of hydrogen-bond acceptors (Lipinski definition) is 4. The van der Waals surface area contributed by atoms with Crippen molar-refractivity contribution in [2.75, 3.05) is 18.5 Å². The van der Waals surface area contributed by atoms with E-state index in [0.29, 0.717) is 27.8 Å². The molecule has 0 aromatic heterocycles. The molecule has 3 atom stereocenters. The molecule has 0 saturated carbocycles. The van der Waals surface area contributed by atoms with Crippen molar-refractivity contribution in [2.45, 2.75) is 47.6 Å². The molecule has 1 N–H and O–H groups in total. The van der Waals surface area contributed by atoms with E-state index in [1.165, 1.54) is 11.3 Å². The Morgan fingerprint density at radius 3 is 2.60 bits per heavy atom. The van der Waals surface area contributed by atoms with Crippen LogP contribution in [0, 0.1) is 0 Å². The Labute approximate surface area is 149 Å². The van der Waals surface area contributed by atoms with Crippen LogP contribution >= 0.6 is 0 Å². The van der Waals surface area contributed by atoms with E-state index < -0.39 is 9.84 Å². The molecule has 0 amide bonds. The summed E-state index contributed by atoms with van der Waals surface area (Å²) < 4.78 is 26.0. The van der Waals surface area contributed by atoms with Crippen LogP contribution in [0.1, 0.15) is 31.2 Å². The van der Waals surface area contributed by atoms with Gasteiger partial charge in [-0.15, -0.1) is 0 Å². The maximum Gasteiger partial charge on any atom is 0.206 e. The molecule has 2 aliphatic rings. The van der Waals surface area contributed by atoms with E-state index in [-0.39, 0.29) is 0 Å². The molecule has 132 valence electrons. The monoisotopic (exact) mass is 356 g/mol. The van der Waals surface area contributed by atoms with Gasteiger partial charge in [0.25, 0.3) is 0 Å². The standard InChI is InChI=1S/C20H24N2O2S/c1-14-12-17-18-13-16(25(23,24)15-6-4-3-5-7-15)8-9-19(18)22(2)20(17)10-11-21-14/h3-9,13-14,17,20-21H,10-12H2,1-2H3/t14?,17-,20-/m0/s1. The van der Waals surface area contributed by atoms with Crippen LogP contribution in [-0.2, 0) is 9.84 Å². The Hall–Kier alpha value is -1.85. The number of fused-ring (bicyclic) bond motifs is 3. The third-order valence-corrected chi connectivity index (χ3v) is 7.41. The van der Waals surface area contributed by atoms with Crippen molar-refractivity contribution in [3.8, 4) is 0 Å². The summed E-state index contributed by atoms with van der Waals surface area (Å²) >= 11 is 0. The van der Waals surface area contributed by atoms with E-state index in [4.69, 9.17) is 0 Å². The van der Waals surface area contributed by atoms with Gasteiger partial charge < -0.3 is 10.2 Å². The third kappa shape index (κ3) is 2.75. The van der Waals surface area contributed by atoms with Crippen molar-refractivity contribution < 1.29 is 8.42 Å². The van der Waals surface area contributed by atoms with Crippen molar-refractivity contribution in [1.82, 2.24) is 5.32 Å². The fraction of sp³-hybridized carbons (Fsp3) is 0.400. The summed E-state index contributed by atoms with van der Waals surface area (Å²) in [5, 5.41) is 3.55. The molecule has 0 bridgehead atoms. The van der Waals surface area contributed by atoms with Gasteiger partial charge in [-0.1, -0.05) is 18.2 Å². The molecule has 0 radical (unpaired) electrons. The molecule has 5 heteroatoms. The highest BCUT2D eigenvalue weighted by Gasteiger charge is 2.39. The lowest BCUT2D eigenvalue weighted by molar-refractivity contribution is 0.496. The van der Waals surface area contributed by atoms with Gasteiger partial charge in [-0.2, -0.15) is 0 Å². The summed E-state index contributed by atoms with van der Waals surface area (Å²) in [6.45, 7) is 3.22. The topological polar surface area (TPSA) is 49.4 Å². The highest BCUT2D eigenvalue weighted by atomic mass is 32.2. The number of likely N-dealkylation sites (N-methyl/N-ethyl adjacent to an activating group) is 1. The maximum atomic E-state index is 13.0. The number of benzene rings is 2. The Balaban J connectivity index is 1.78. The second-order valence-corrected chi connectivity index (χ2v) is 9.15. The molecule has 4 rings (SSSR count). The smallest absolute Gasteiger partial charge is 0.206 e. The van der Waals surface area contributed by atoms with Crippen LogP contribution < -0.4 is 10.2 Å². The first kappa shape index (κ1) is 16.6. The quantitative estimate of drug-likeness (QED) is 0.898. The second kappa shape index (κ2) is 6.15. The summed E-state index contributed by atoms with van der Waals surface area (Å²) in [4.78, 5) is 3.09. The van der Waals surface area contributed by atoms with Gasteiger partial charge >= 0.3 is 0 Å². The summed E-state index contributed by atoms with van der Waals surface area (Å²) in [6.07, 6.45) is 2.12. The molecule has 1 unspecified atom stereocenters. The van der Waals surface area contributed by atoms with E-state index >= 15 is 0 Å². The van der Waals surface area contributed by atoms with E-state index in [2.05, 4.69) is 24.2 Å². The van der Waals surface area contributed by atoms with Gasteiger partial charge in [0.15, 0.2) is 0 Å². The highest BCUT2D eigenvalue weighted by Crippen LogP contribution is 2.45. The van der Waals surface area contributed by atoms with Crippen LogP contribution in [0.4, 0.5) is 5.69 Å². The molecular formula is C20H24N2O2S. The Morgan fingerprint density at radius 1 is 1.08 bits per heavy atom. The molecule has 4 nitrogen and oxygen atoms in total. The molecule has 1 fully saturated rings. The Bertz CT molecular complexity index is 880. The van der Waals surface area contributed by atoms with Crippen LogP contribution in [0.2, 0.25) is 0 Å². The minimum absolute atomic E-state index is 0.355. The average Bonchev–Trinajstić information content (AvgIpc) is 2.76. The van der Waals surface area contributed by atoms with Gasteiger partial charge in [0, 0.05) is 30.7 Å². The minimum atomic E-state index is -3.47. The van der Waals surface area contributed by atoms with Crippen LogP contribution in [0.15, 0.2) is 58.3 Å². The summed E-state index contributed by atoms with van der Waals surface area (Å²) in [6, 6.07) is 15.2. The molecular weight excluding hydrogens is 332 g/mol. The van der Waals surface area contributed by atoms with Gasteiger partial charge in [-0.05, 0) is 62.2 Å². The lowest BCUT2D eigenvalue weighted by Crippen LogP contribution is -2.31. The van der Waals surface area contributed by atoms with Crippen LogP contribution in [0.5, 0.6) is 0 Å². The van der Waals surface area contributed by atoms with Crippen molar-refractivity contribution in [2.24, 2.45) is 0 Å². The zero-order valence-electron chi connectivity index (χ0n) is 14.6. The van der Waals surface area contributed by atoms with Gasteiger partial charge in [0.1, 0.15) is 0 Å². The van der Waals surface area contributed by atoms with Gasteiger partial charge in [0.05, 0.1) is 9.79 Å². The number of hydrogen-bond donors (Lipinski definition) is 1. The predicted octanol–water partition coefficient (Wildman–Crippen LogP) is 3.19. The predicted molar refractivity (Wildman–Crippen MR) is 100.0 cm³/mol. The zero-order valence-corrected chi connectivity index (χ0v) is 15.5. The van der Waals surface area contributed by atoms with E-state index in [1.54, 1.807) is 30.3 Å². The maximum absolute atomic E-state index is 13.0. The van der Waals surface area contributed by atoms with E-state index in [0.717, 1.165) is 19.4 Å². The fourth-order valence-corrected chi connectivity index (χ4v) is 5.65.